The van der Waals surface area contributed by atoms with Crippen LogP contribution < -0.4 is 20.2 Å². The van der Waals surface area contributed by atoms with E-state index < -0.39 is 0 Å². The van der Waals surface area contributed by atoms with Crippen LogP contribution in [0.5, 0.6) is 0 Å². The van der Waals surface area contributed by atoms with Gasteiger partial charge in [-0.1, -0.05) is 94.4 Å². The van der Waals surface area contributed by atoms with Crippen LogP contribution >= 0.6 is 0 Å². The van der Waals surface area contributed by atoms with Crippen molar-refractivity contribution in [2.75, 3.05) is 17.2 Å². The van der Waals surface area contributed by atoms with Crippen molar-refractivity contribution in [1.29, 1.82) is 0 Å². The molecule has 1 aliphatic rings. The fraction of sp³-hybridized carbons (Fsp3) is 0.270. The molecule has 0 unspecified atom stereocenters. The quantitative estimate of drug-likeness (QED) is 0.231. The molecular weight excluding hydrogens is 486 g/mol. The monoisotopic (exact) mass is 528 g/mol. The molecule has 0 saturated heterocycles. The summed E-state index contributed by atoms with van der Waals surface area (Å²) in [5, 5.41) is 8.64. The van der Waals surface area contributed by atoms with E-state index in [4.69, 9.17) is 0 Å². The van der Waals surface area contributed by atoms with E-state index in [1.54, 1.807) is 0 Å². The maximum absolute atomic E-state index is 4.57. The maximum Gasteiger partial charge on any atom is 0.218 e. The molecule has 0 spiro atoms. The van der Waals surface area contributed by atoms with E-state index in [2.05, 4.69) is 147 Å². The molecule has 1 aliphatic carbocycles. The Morgan fingerprint density at radius 3 is 2.15 bits per heavy atom. The van der Waals surface area contributed by atoms with Crippen molar-refractivity contribution in [3.8, 4) is 0 Å². The van der Waals surface area contributed by atoms with E-state index in [-0.39, 0.29) is 0 Å². The lowest BCUT2D eigenvalue weighted by molar-refractivity contribution is -0.523. The van der Waals surface area contributed by atoms with Crippen LogP contribution in [0.15, 0.2) is 96.6 Å². The van der Waals surface area contributed by atoms with Gasteiger partial charge < -0.3 is 10.6 Å². The number of aromatic nitrogens is 1. The molecule has 3 heteroatoms. The first-order valence-corrected chi connectivity index (χ1v) is 14.5. The number of hydrogen-bond acceptors (Lipinski definition) is 2. The molecule has 1 heterocycles. The fourth-order valence-corrected chi connectivity index (χ4v) is 5.77. The Morgan fingerprint density at radius 2 is 1.43 bits per heavy atom. The van der Waals surface area contributed by atoms with Gasteiger partial charge in [-0.05, 0) is 70.7 Å². The number of nitrogens with zero attached hydrogens (tertiary/aromatic N) is 1. The van der Waals surface area contributed by atoms with E-state index in [0.29, 0.717) is 18.4 Å². The normalized spacial score (nSPS) is 14.2. The number of rotatable bonds is 8. The smallest absolute Gasteiger partial charge is 0.218 e. The van der Waals surface area contributed by atoms with Gasteiger partial charge in [0.25, 0.3) is 0 Å². The minimum absolute atomic E-state index is 0.446. The van der Waals surface area contributed by atoms with Crippen LogP contribution in [0.25, 0.3) is 5.57 Å². The average Bonchev–Trinajstić information content (AvgIpc) is 2.96. The van der Waals surface area contributed by atoms with E-state index >= 15 is 0 Å². The summed E-state index contributed by atoms with van der Waals surface area (Å²) in [4.78, 5) is 0. The lowest BCUT2D eigenvalue weighted by Gasteiger charge is -2.21. The summed E-state index contributed by atoms with van der Waals surface area (Å²) in [5.41, 5.74) is 12.8. The highest BCUT2D eigenvalue weighted by Crippen LogP contribution is 2.33. The van der Waals surface area contributed by atoms with Crippen molar-refractivity contribution in [2.45, 2.75) is 59.4 Å². The first-order chi connectivity index (χ1) is 19.3. The highest BCUT2D eigenvalue weighted by molar-refractivity contribution is 5.82. The fourth-order valence-electron chi connectivity index (χ4n) is 5.77. The van der Waals surface area contributed by atoms with Crippen molar-refractivity contribution in [3.63, 3.8) is 0 Å². The van der Waals surface area contributed by atoms with Crippen LogP contribution in [0, 0.1) is 13.6 Å². The summed E-state index contributed by atoms with van der Waals surface area (Å²) in [7, 11) is 0. The SMILES string of the molecule is C=[n+]1c(CNc2c(C(C)C)cccc2C(C)C)cccc1=C1C(CNc2ccccc2C)=CCc2ccccc21. The number of fused-ring (bicyclic) bond motifs is 1. The zero-order chi connectivity index (χ0) is 28.2. The maximum atomic E-state index is 4.57. The van der Waals surface area contributed by atoms with E-state index in [1.165, 1.54) is 50.3 Å². The van der Waals surface area contributed by atoms with E-state index in [1.807, 2.05) is 0 Å². The molecule has 1 aromatic heterocycles. The Kier molecular flexibility index (Phi) is 8.21. The largest absolute Gasteiger partial charge is 0.381 e. The van der Waals surface area contributed by atoms with Crippen molar-refractivity contribution in [2.24, 2.45) is 0 Å². The third-order valence-corrected chi connectivity index (χ3v) is 8.05. The summed E-state index contributed by atoms with van der Waals surface area (Å²) < 4.78 is 2.12. The Labute approximate surface area is 239 Å². The molecule has 5 rings (SSSR count). The van der Waals surface area contributed by atoms with Crippen LogP contribution in [0.4, 0.5) is 11.4 Å². The molecule has 204 valence electrons. The van der Waals surface area contributed by atoms with Crippen molar-refractivity contribution < 1.29 is 4.24 Å². The second kappa shape index (κ2) is 12.0. The number of nitrogens with one attached hydrogen (secondary N) is 2. The molecule has 3 nitrogen and oxygen atoms in total. The standard InChI is InChI=1S/C37H42N3/c1-25(2)31-17-12-18-32(26(3)4)37(31)39-24-30-15-11-20-35(40(30)6)36-29(22-21-28-14-8-9-16-33(28)36)23-38-34-19-10-7-13-27(34)5/h7-20,22,25-26,38-39H,6,21,23-24H2,1-5H3/q+1. The summed E-state index contributed by atoms with van der Waals surface area (Å²) in [6.07, 6.45) is 3.31. The Morgan fingerprint density at radius 1 is 0.750 bits per heavy atom. The van der Waals surface area contributed by atoms with Crippen molar-refractivity contribution >= 4 is 16.9 Å². The summed E-state index contributed by atoms with van der Waals surface area (Å²) in [6, 6.07) is 30.5. The molecule has 0 radical (unpaired) electrons. The predicted molar refractivity (Wildman–Crippen MR) is 169 cm³/mol. The van der Waals surface area contributed by atoms with E-state index in [0.717, 1.165) is 24.0 Å². The van der Waals surface area contributed by atoms with Crippen LogP contribution in [0.3, 0.4) is 0 Å². The predicted octanol–water partition coefficient (Wildman–Crippen LogP) is 7.57. The van der Waals surface area contributed by atoms with Crippen molar-refractivity contribution in [3.05, 3.63) is 142 Å². The number of aryl methyl sites for hydroxylation is 1. The summed E-state index contributed by atoms with van der Waals surface area (Å²) in [6.45, 7) is 17.3. The van der Waals surface area contributed by atoms with Gasteiger partial charge in [0.2, 0.25) is 11.0 Å². The molecule has 40 heavy (non-hydrogen) atoms. The number of para-hydroxylation sites is 2. The lowest BCUT2D eigenvalue weighted by Crippen LogP contribution is -2.42. The molecule has 0 saturated carbocycles. The Balaban J connectivity index is 1.56. The lowest BCUT2D eigenvalue weighted by atomic mass is 9.86. The number of hydrogen-bond donors (Lipinski definition) is 2. The first-order valence-electron chi connectivity index (χ1n) is 14.5. The topological polar surface area (TPSA) is 30.0 Å². The minimum Gasteiger partial charge on any atom is -0.381 e. The molecule has 3 aromatic carbocycles. The van der Waals surface area contributed by atoms with Crippen LogP contribution in [0.1, 0.15) is 73.0 Å². The average molecular weight is 529 g/mol. The zero-order valence-electron chi connectivity index (χ0n) is 24.6. The third-order valence-electron chi connectivity index (χ3n) is 8.05. The van der Waals surface area contributed by atoms with Crippen LogP contribution in [-0.4, -0.2) is 6.54 Å². The van der Waals surface area contributed by atoms with Gasteiger partial charge >= 0.3 is 0 Å². The molecule has 0 amide bonds. The molecule has 0 aliphatic heterocycles. The van der Waals surface area contributed by atoms with Gasteiger partial charge in [0, 0.05) is 30.1 Å². The van der Waals surface area contributed by atoms with Gasteiger partial charge in [0.15, 0.2) is 0 Å². The molecule has 0 fully saturated rings. The van der Waals surface area contributed by atoms with Gasteiger partial charge in [-0.2, -0.15) is 4.24 Å². The number of allylic oxidation sites excluding steroid dienone is 1. The Hall–Kier alpha value is -4.11. The highest BCUT2D eigenvalue weighted by Gasteiger charge is 2.22. The number of pyridine rings is 1. The summed E-state index contributed by atoms with van der Waals surface area (Å²) in [5.74, 6) is 0.893. The molecule has 4 aromatic rings. The van der Waals surface area contributed by atoms with E-state index in [9.17, 15) is 0 Å². The second-order valence-electron chi connectivity index (χ2n) is 11.4. The van der Waals surface area contributed by atoms with Gasteiger partial charge in [-0.3, -0.25) is 0 Å². The molecule has 0 atom stereocenters. The second-order valence-corrected chi connectivity index (χ2v) is 11.4. The first kappa shape index (κ1) is 27.5. The van der Waals surface area contributed by atoms with Crippen LogP contribution in [0.2, 0.25) is 0 Å². The number of anilines is 2. The molecule has 2 N–H and O–H groups in total. The van der Waals surface area contributed by atoms with Gasteiger partial charge in [-0.15, -0.1) is 0 Å². The Bertz CT molecular complexity index is 1630. The highest BCUT2D eigenvalue weighted by atomic mass is 14.9. The van der Waals surface area contributed by atoms with Crippen molar-refractivity contribution in [1.82, 2.24) is 0 Å². The number of benzene rings is 3. The molecular formula is C37H42N3+. The minimum atomic E-state index is 0.446. The van der Waals surface area contributed by atoms with Gasteiger partial charge in [0.1, 0.15) is 13.3 Å². The van der Waals surface area contributed by atoms with Gasteiger partial charge in [0.05, 0.1) is 5.57 Å². The van der Waals surface area contributed by atoms with Gasteiger partial charge in [-0.25, -0.2) is 0 Å². The zero-order valence-corrected chi connectivity index (χ0v) is 24.6. The van der Waals surface area contributed by atoms with Crippen LogP contribution in [-0.2, 0) is 13.0 Å². The molecule has 0 bridgehead atoms. The summed E-state index contributed by atoms with van der Waals surface area (Å²) >= 11 is 0. The third kappa shape index (κ3) is 5.60.